The second-order valence-corrected chi connectivity index (χ2v) is 13.5. The van der Waals surface area contributed by atoms with E-state index >= 15 is 4.39 Å². The lowest BCUT2D eigenvalue weighted by Gasteiger charge is -2.44. The van der Waals surface area contributed by atoms with Gasteiger partial charge in [0.2, 0.25) is 5.91 Å². The Balaban J connectivity index is 1.45. The number of alkyl halides is 3. The molecule has 0 radical (unpaired) electrons. The molecule has 45 heavy (non-hydrogen) atoms. The Kier molecular flexibility index (Phi) is 7.40. The molecule has 1 aromatic carbocycles. The van der Waals surface area contributed by atoms with Gasteiger partial charge in [-0.25, -0.2) is 13.6 Å². The van der Waals surface area contributed by atoms with E-state index in [2.05, 4.69) is 16.5 Å². The summed E-state index contributed by atoms with van der Waals surface area (Å²) in [5.74, 6) is -3.43. The number of likely N-dealkylation sites (tertiary alicyclic amines) is 1. The second kappa shape index (κ2) is 10.9. The Morgan fingerprint density at radius 2 is 1.91 bits per heavy atom. The highest BCUT2D eigenvalue weighted by Crippen LogP contribution is 2.50. The van der Waals surface area contributed by atoms with Gasteiger partial charge in [-0.2, -0.15) is 18.2 Å². The lowest BCUT2D eigenvalue weighted by atomic mass is 9.91. The molecule has 4 aliphatic heterocycles. The number of rotatable bonds is 4. The van der Waals surface area contributed by atoms with E-state index in [9.17, 15) is 27.2 Å². The van der Waals surface area contributed by atoms with E-state index in [0.717, 1.165) is 30.3 Å². The van der Waals surface area contributed by atoms with Crippen LogP contribution in [0.4, 0.5) is 27.8 Å². The van der Waals surface area contributed by atoms with Crippen LogP contribution in [0, 0.1) is 0 Å². The van der Waals surface area contributed by atoms with Gasteiger partial charge in [0.15, 0.2) is 0 Å². The van der Waals surface area contributed by atoms with Crippen LogP contribution < -0.4 is 10.6 Å². The number of allylic oxidation sites excluding steroid dienone is 4. The lowest BCUT2D eigenvalue weighted by molar-refractivity contribution is -0.138. The molecule has 3 fully saturated rings. The molecule has 0 saturated carbocycles. The van der Waals surface area contributed by atoms with Crippen LogP contribution in [0.25, 0.3) is 10.9 Å². The molecule has 1 aliphatic carbocycles. The Morgan fingerprint density at radius 3 is 2.53 bits per heavy atom. The number of thioether (sulfide) groups is 1. The van der Waals surface area contributed by atoms with Crippen molar-refractivity contribution in [3.8, 4) is 0 Å². The quantitative estimate of drug-likeness (QED) is 0.349. The molecule has 14 heteroatoms. The van der Waals surface area contributed by atoms with Crippen LogP contribution in [0.5, 0.6) is 0 Å². The number of amides is 1. The fraction of sp³-hybridized carbons (Fsp3) is 0.516. The van der Waals surface area contributed by atoms with E-state index in [1.165, 1.54) is 10.6 Å². The third-order valence-corrected chi connectivity index (χ3v) is 10.9. The second-order valence-electron chi connectivity index (χ2n) is 12.5. The molecule has 7 rings (SSSR count). The third kappa shape index (κ3) is 4.99. The minimum absolute atomic E-state index is 0.0659. The van der Waals surface area contributed by atoms with Gasteiger partial charge in [0.25, 0.3) is 0 Å². The van der Waals surface area contributed by atoms with Gasteiger partial charge in [-0.15, -0.1) is 11.8 Å². The van der Waals surface area contributed by atoms with Crippen molar-refractivity contribution in [3.05, 3.63) is 64.1 Å². The summed E-state index contributed by atoms with van der Waals surface area (Å²) in [4.78, 5) is 36.6. The van der Waals surface area contributed by atoms with Gasteiger partial charge in [-0.05, 0) is 44.1 Å². The Labute approximate surface area is 260 Å². The van der Waals surface area contributed by atoms with Crippen molar-refractivity contribution < 1.29 is 31.5 Å². The summed E-state index contributed by atoms with van der Waals surface area (Å²) >= 11 is 1.15. The van der Waals surface area contributed by atoms with Crippen LogP contribution in [0.15, 0.2) is 52.2 Å². The molecule has 0 spiro atoms. The molecular formula is C31H32F5N5O3S. The Morgan fingerprint density at radius 1 is 1.13 bits per heavy atom. The van der Waals surface area contributed by atoms with E-state index in [0.29, 0.717) is 25.0 Å². The predicted octanol–water partition coefficient (Wildman–Crippen LogP) is 4.78. The number of aromatic nitrogens is 2. The van der Waals surface area contributed by atoms with Crippen molar-refractivity contribution in [2.75, 3.05) is 36.9 Å². The molecule has 5 aliphatic rings. The van der Waals surface area contributed by atoms with E-state index in [-0.39, 0.29) is 71.4 Å². The fourth-order valence-corrected chi connectivity index (χ4v) is 8.99. The zero-order chi connectivity index (χ0) is 31.9. The van der Waals surface area contributed by atoms with Crippen molar-refractivity contribution in [2.45, 2.75) is 74.1 Å². The molecule has 2 unspecified atom stereocenters. The first-order valence-corrected chi connectivity index (χ1v) is 16.0. The summed E-state index contributed by atoms with van der Waals surface area (Å²) in [5, 5.41) is 0.106. The highest BCUT2D eigenvalue weighted by atomic mass is 32.2. The van der Waals surface area contributed by atoms with Crippen molar-refractivity contribution >= 4 is 34.4 Å². The van der Waals surface area contributed by atoms with E-state index < -0.39 is 46.6 Å². The monoisotopic (exact) mass is 649 g/mol. The fourth-order valence-electron chi connectivity index (χ4n) is 7.58. The van der Waals surface area contributed by atoms with Crippen molar-refractivity contribution in [1.82, 2.24) is 19.4 Å². The molecule has 2 aromatic rings. The molecule has 8 nitrogen and oxygen atoms in total. The number of ether oxygens (including phenoxy) is 1. The number of halogens is 5. The topological polar surface area (TPSA) is 70.9 Å². The summed E-state index contributed by atoms with van der Waals surface area (Å²) < 4.78 is 81.5. The van der Waals surface area contributed by atoms with Crippen LogP contribution in [-0.2, 0) is 22.3 Å². The van der Waals surface area contributed by atoms with Gasteiger partial charge in [0.05, 0.1) is 29.7 Å². The maximum atomic E-state index is 15.2. The minimum atomic E-state index is -4.92. The normalized spacial score (nSPS) is 30.1. The molecule has 1 aromatic heterocycles. The first kappa shape index (κ1) is 30.4. The summed E-state index contributed by atoms with van der Waals surface area (Å²) in [6.45, 7) is 9.01. The average Bonchev–Trinajstić information content (AvgIpc) is 3.67. The van der Waals surface area contributed by atoms with Crippen molar-refractivity contribution in [2.24, 2.45) is 0 Å². The number of piperazine rings is 1. The molecule has 5 heterocycles. The average molecular weight is 650 g/mol. The number of fused-ring (bicyclic) bond motifs is 2. The molecule has 3 saturated heterocycles. The largest absolute Gasteiger partial charge is 0.416 e. The number of morpholine rings is 1. The van der Waals surface area contributed by atoms with Gasteiger partial charge >= 0.3 is 11.9 Å². The van der Waals surface area contributed by atoms with E-state index in [4.69, 9.17) is 4.74 Å². The zero-order valence-corrected chi connectivity index (χ0v) is 25.5. The van der Waals surface area contributed by atoms with Crippen LogP contribution in [-0.4, -0.2) is 87.5 Å². The van der Waals surface area contributed by atoms with Gasteiger partial charge in [0.1, 0.15) is 17.5 Å². The van der Waals surface area contributed by atoms with Crippen LogP contribution in [0.1, 0.15) is 37.3 Å². The van der Waals surface area contributed by atoms with Crippen molar-refractivity contribution in [1.29, 1.82) is 0 Å². The van der Waals surface area contributed by atoms with E-state index in [1.807, 2.05) is 13.8 Å². The number of benzene rings is 1. The number of hydrogen-bond acceptors (Lipinski definition) is 7. The van der Waals surface area contributed by atoms with Gasteiger partial charge in [-0.3, -0.25) is 14.3 Å². The van der Waals surface area contributed by atoms with Gasteiger partial charge < -0.3 is 14.5 Å². The smallest absolute Gasteiger partial charge is 0.375 e. The highest BCUT2D eigenvalue weighted by Gasteiger charge is 2.45. The standard InChI is InChI=1S/C31H32F5N5O3S/c1-4-25(42)38-9-16(3)39(10-15(38)2)29-22-8-23(31(34,35)36)26(21-5-17(32)6-24(21)33)28-27(22)41(30(43)37-29)11-19(14-45-28)40-12-20-7-18(40)13-44-20/h4-6,8,15-16,18-21H,1,7,9-14H2,2-3H3/t15-,16+,18+,19?,20+,21?/m1/s1. The maximum Gasteiger partial charge on any atom is 0.416 e. The number of hydrogen-bond donors (Lipinski definition) is 0. The number of anilines is 1. The molecule has 6 atom stereocenters. The van der Waals surface area contributed by atoms with Gasteiger partial charge in [-0.1, -0.05) is 6.58 Å². The third-order valence-electron chi connectivity index (χ3n) is 9.69. The highest BCUT2D eigenvalue weighted by molar-refractivity contribution is 7.99. The van der Waals surface area contributed by atoms with Crippen LogP contribution >= 0.6 is 11.8 Å². The summed E-state index contributed by atoms with van der Waals surface area (Å²) in [7, 11) is 0. The summed E-state index contributed by atoms with van der Waals surface area (Å²) in [6.07, 6.45) is -1.34. The molecular weight excluding hydrogens is 617 g/mol. The SMILES string of the molecule is C=CC(=O)N1C[C@H](C)N(c2nc(=O)n3c4c(c(C5C=C(F)C=C5F)c(C(F)(F)F)cc24)SCC(N2C[C@@H]4C[C@H]2CO4)C3)C[C@H]1C. The summed E-state index contributed by atoms with van der Waals surface area (Å²) in [5.41, 5.74) is -1.90. The molecule has 240 valence electrons. The Bertz CT molecular complexity index is 1720. The van der Waals surface area contributed by atoms with Crippen molar-refractivity contribution in [3.63, 3.8) is 0 Å². The number of carbonyl (C=O) groups is 1. The number of nitrogens with zero attached hydrogens (tertiary/aromatic N) is 5. The minimum Gasteiger partial charge on any atom is -0.375 e. The first-order valence-electron chi connectivity index (χ1n) is 15.0. The lowest BCUT2D eigenvalue weighted by Crippen LogP contribution is -2.58. The van der Waals surface area contributed by atoms with Gasteiger partial charge in [0, 0.05) is 72.5 Å². The summed E-state index contributed by atoms with van der Waals surface area (Å²) in [6, 6.07) is 0.108. The maximum absolute atomic E-state index is 15.2. The first-order chi connectivity index (χ1) is 21.3. The van der Waals surface area contributed by atoms with Crippen LogP contribution in [0.2, 0.25) is 0 Å². The predicted molar refractivity (Wildman–Crippen MR) is 160 cm³/mol. The number of carbonyl (C=O) groups excluding carboxylic acids is 1. The Hall–Kier alpha value is -3.23. The van der Waals surface area contributed by atoms with E-state index in [1.54, 1.807) is 9.80 Å². The van der Waals surface area contributed by atoms with Crippen LogP contribution in [0.3, 0.4) is 0 Å². The molecule has 0 N–H and O–H groups in total. The zero-order valence-electron chi connectivity index (χ0n) is 24.7. The molecule has 1 amide bonds. The molecule has 2 bridgehead atoms.